The molecule has 0 aliphatic carbocycles. The van der Waals surface area contributed by atoms with Crippen LogP contribution in [0.2, 0.25) is 0 Å². The summed E-state index contributed by atoms with van der Waals surface area (Å²) in [6.07, 6.45) is 3.99. The quantitative estimate of drug-likeness (QED) is 0.182. The molecule has 2 unspecified atom stereocenters. The highest BCUT2D eigenvalue weighted by Gasteiger charge is 2.42. The third kappa shape index (κ3) is 8.54. The maximum Gasteiger partial charge on any atom is 0.322 e. The minimum Gasteiger partial charge on any atom is -0.497 e. The summed E-state index contributed by atoms with van der Waals surface area (Å²) in [5.74, 6) is 0.341. The molecule has 0 aliphatic heterocycles. The van der Waals surface area contributed by atoms with Crippen molar-refractivity contribution in [3.05, 3.63) is 66.5 Å². The maximum atomic E-state index is 13.7. The number of carbonyl (C=O) groups excluding carboxylic acids is 3. The van der Waals surface area contributed by atoms with E-state index in [0.29, 0.717) is 37.2 Å². The third-order valence-corrected chi connectivity index (χ3v) is 8.32. The fourth-order valence-corrected chi connectivity index (χ4v) is 5.06. The van der Waals surface area contributed by atoms with Gasteiger partial charge in [-0.1, -0.05) is 45.0 Å². The molecule has 10 nitrogen and oxygen atoms in total. The van der Waals surface area contributed by atoms with Gasteiger partial charge in [0.25, 0.3) is 0 Å². The Balaban J connectivity index is 1.76. The first-order valence-corrected chi connectivity index (χ1v) is 15.2. The molecule has 1 aromatic heterocycles. The zero-order chi connectivity index (χ0) is 32.3. The number of hydrogen-bond acceptors (Lipinski definition) is 7. The standard InChI is InChI=1S/C34H46N4O6/c1-8-33(6,25(5)39)44-24(4)31(40)34(9-2,10-3)43-19-18-38(23-26-12-11-13-30(20-26)42-7)32(41)37-29-16-14-27(15-17-29)28-21-35-36-22-28/h11-17,20-22,24H,8-10,18-19,23H2,1-7H3,(H,35,36)(H,37,41). The van der Waals surface area contributed by atoms with E-state index in [9.17, 15) is 14.4 Å². The summed E-state index contributed by atoms with van der Waals surface area (Å²) in [5, 5.41) is 9.77. The Hall–Kier alpha value is -4.02. The summed E-state index contributed by atoms with van der Waals surface area (Å²) in [5.41, 5.74) is 1.27. The smallest absolute Gasteiger partial charge is 0.322 e. The highest BCUT2D eigenvalue weighted by molar-refractivity contribution is 5.92. The maximum absolute atomic E-state index is 13.7. The second-order valence-corrected chi connectivity index (χ2v) is 11.1. The fourth-order valence-electron chi connectivity index (χ4n) is 5.06. The summed E-state index contributed by atoms with van der Waals surface area (Å²) in [6.45, 7) is 11.1. The van der Waals surface area contributed by atoms with Gasteiger partial charge in [0.15, 0.2) is 11.6 Å². The van der Waals surface area contributed by atoms with Crippen molar-refractivity contribution in [1.82, 2.24) is 15.1 Å². The van der Waals surface area contributed by atoms with E-state index in [1.54, 1.807) is 38.3 Å². The number of benzene rings is 2. The number of urea groups is 1. The lowest BCUT2D eigenvalue weighted by molar-refractivity contribution is -0.171. The predicted octanol–water partition coefficient (Wildman–Crippen LogP) is 6.43. The molecule has 0 spiro atoms. The van der Waals surface area contributed by atoms with Gasteiger partial charge in [-0.3, -0.25) is 14.7 Å². The number of ether oxygens (including phenoxy) is 3. The molecule has 0 aliphatic rings. The Morgan fingerprint density at radius 3 is 2.30 bits per heavy atom. The van der Waals surface area contributed by atoms with Gasteiger partial charge >= 0.3 is 6.03 Å². The number of aromatic nitrogens is 2. The molecular weight excluding hydrogens is 560 g/mol. The molecule has 0 fully saturated rings. The van der Waals surface area contributed by atoms with Crippen LogP contribution in [0.15, 0.2) is 60.9 Å². The summed E-state index contributed by atoms with van der Waals surface area (Å²) < 4.78 is 17.7. The number of rotatable bonds is 17. The number of aromatic amines is 1. The van der Waals surface area contributed by atoms with Gasteiger partial charge in [0.05, 0.1) is 19.9 Å². The SMILES string of the molecule is CCC(C)(OC(C)C(=O)C(CC)(CC)OCCN(Cc1cccc(OC)c1)C(=O)Nc1ccc(-c2cn[nH]c2)cc1)C(C)=O. The number of H-pyrrole nitrogens is 1. The van der Waals surface area contributed by atoms with Crippen molar-refractivity contribution in [3.8, 4) is 16.9 Å². The molecule has 0 bridgehead atoms. The topological polar surface area (TPSA) is 123 Å². The molecule has 10 heteroatoms. The van der Waals surface area contributed by atoms with Crippen LogP contribution in [-0.4, -0.2) is 70.3 Å². The van der Waals surface area contributed by atoms with Crippen LogP contribution in [0.1, 0.15) is 66.4 Å². The lowest BCUT2D eigenvalue weighted by atomic mass is 9.88. The zero-order valence-electron chi connectivity index (χ0n) is 26.9. The average molecular weight is 607 g/mol. The molecule has 2 amide bonds. The van der Waals surface area contributed by atoms with Crippen molar-refractivity contribution in [1.29, 1.82) is 0 Å². The number of nitrogens with one attached hydrogen (secondary N) is 2. The second-order valence-electron chi connectivity index (χ2n) is 11.1. The largest absolute Gasteiger partial charge is 0.497 e. The molecule has 2 N–H and O–H groups in total. The van der Waals surface area contributed by atoms with Gasteiger partial charge in [-0.15, -0.1) is 0 Å². The van der Waals surface area contributed by atoms with E-state index in [-0.39, 0.29) is 30.7 Å². The van der Waals surface area contributed by atoms with E-state index in [1.807, 2.05) is 69.3 Å². The third-order valence-electron chi connectivity index (χ3n) is 8.32. The second kappa shape index (κ2) is 15.6. The first-order chi connectivity index (χ1) is 21.0. The summed E-state index contributed by atoms with van der Waals surface area (Å²) in [7, 11) is 1.60. The zero-order valence-corrected chi connectivity index (χ0v) is 26.9. The first kappa shape index (κ1) is 34.5. The van der Waals surface area contributed by atoms with Crippen LogP contribution in [0, 0.1) is 0 Å². The number of ketones is 2. The number of anilines is 1. The molecule has 2 atom stereocenters. The van der Waals surface area contributed by atoms with Gasteiger partial charge in [-0.2, -0.15) is 5.10 Å². The van der Waals surface area contributed by atoms with Crippen LogP contribution >= 0.6 is 0 Å². The lowest BCUT2D eigenvalue weighted by Gasteiger charge is -2.36. The van der Waals surface area contributed by atoms with Gasteiger partial charge in [-0.05, 0) is 75.4 Å². The number of Topliss-reactive ketones (excluding diaryl/α,β-unsaturated/α-hetero) is 2. The molecule has 2 aromatic carbocycles. The summed E-state index contributed by atoms with van der Waals surface area (Å²) >= 11 is 0. The number of amides is 2. The van der Waals surface area contributed by atoms with Crippen LogP contribution in [0.4, 0.5) is 10.5 Å². The normalized spacial score (nSPS) is 13.5. The highest BCUT2D eigenvalue weighted by atomic mass is 16.5. The average Bonchev–Trinajstić information content (AvgIpc) is 3.58. The molecule has 0 saturated heterocycles. The molecule has 0 radical (unpaired) electrons. The Bertz CT molecular complexity index is 1370. The molecule has 3 aromatic rings. The van der Waals surface area contributed by atoms with Crippen LogP contribution in [0.5, 0.6) is 5.75 Å². The van der Waals surface area contributed by atoms with Gasteiger partial charge in [0.2, 0.25) is 0 Å². The summed E-state index contributed by atoms with van der Waals surface area (Å²) in [4.78, 5) is 41.1. The monoisotopic (exact) mass is 606 g/mol. The Kier molecular flexibility index (Phi) is 12.2. The van der Waals surface area contributed by atoms with Crippen molar-refractivity contribution in [2.75, 3.05) is 25.6 Å². The van der Waals surface area contributed by atoms with Crippen molar-refractivity contribution in [3.63, 3.8) is 0 Å². The van der Waals surface area contributed by atoms with E-state index in [1.165, 1.54) is 6.92 Å². The van der Waals surface area contributed by atoms with E-state index < -0.39 is 17.3 Å². The van der Waals surface area contributed by atoms with Gasteiger partial charge < -0.3 is 24.4 Å². The molecule has 0 saturated carbocycles. The number of carbonyl (C=O) groups is 3. The van der Waals surface area contributed by atoms with Gasteiger partial charge in [-0.25, -0.2) is 4.79 Å². The molecule has 238 valence electrons. The minimum absolute atomic E-state index is 0.120. The molecule has 3 rings (SSSR count). The van der Waals surface area contributed by atoms with Gasteiger partial charge in [0, 0.05) is 30.5 Å². The minimum atomic E-state index is -1.12. The Morgan fingerprint density at radius 1 is 1.02 bits per heavy atom. The highest BCUT2D eigenvalue weighted by Crippen LogP contribution is 2.28. The van der Waals surface area contributed by atoms with E-state index in [4.69, 9.17) is 14.2 Å². The van der Waals surface area contributed by atoms with Crippen LogP contribution in [0.25, 0.3) is 11.1 Å². The van der Waals surface area contributed by atoms with Crippen molar-refractivity contribution in [2.45, 2.75) is 84.7 Å². The fraction of sp³-hybridized carbons (Fsp3) is 0.471. The van der Waals surface area contributed by atoms with Crippen molar-refractivity contribution >= 4 is 23.3 Å². The predicted molar refractivity (Wildman–Crippen MR) is 171 cm³/mol. The molecule has 1 heterocycles. The van der Waals surface area contributed by atoms with Gasteiger partial charge in [0.1, 0.15) is 23.1 Å². The molecule has 44 heavy (non-hydrogen) atoms. The van der Waals surface area contributed by atoms with Crippen molar-refractivity contribution < 1.29 is 28.6 Å². The first-order valence-electron chi connectivity index (χ1n) is 15.2. The Labute approximate surface area is 260 Å². The van der Waals surface area contributed by atoms with E-state index in [2.05, 4.69) is 15.5 Å². The lowest BCUT2D eigenvalue weighted by Crippen LogP contribution is -2.51. The number of hydrogen-bond donors (Lipinski definition) is 2. The van der Waals surface area contributed by atoms with Crippen LogP contribution in [-0.2, 0) is 25.6 Å². The number of nitrogens with zero attached hydrogens (tertiary/aromatic N) is 2. The number of methoxy groups -OCH3 is 1. The van der Waals surface area contributed by atoms with Crippen molar-refractivity contribution in [2.24, 2.45) is 0 Å². The van der Waals surface area contributed by atoms with Crippen LogP contribution < -0.4 is 10.1 Å². The summed E-state index contributed by atoms with van der Waals surface area (Å²) in [6, 6.07) is 14.7. The van der Waals surface area contributed by atoms with E-state index in [0.717, 1.165) is 16.7 Å². The molecular formula is C34H46N4O6. The van der Waals surface area contributed by atoms with E-state index >= 15 is 0 Å². The Morgan fingerprint density at radius 2 is 1.73 bits per heavy atom. The van der Waals surface area contributed by atoms with Crippen LogP contribution in [0.3, 0.4) is 0 Å².